The molecule has 0 spiro atoms. The maximum Gasteiger partial charge on any atom is 0.279 e. The highest BCUT2D eigenvalue weighted by atomic mass is 32.2. The topological polar surface area (TPSA) is 104 Å². The molecule has 0 saturated heterocycles. The molecular weight excluding hydrogens is 410 g/mol. The largest absolute Gasteiger partial charge is 0.279 e. The number of amides is 2. The van der Waals surface area contributed by atoms with Crippen molar-refractivity contribution in [3.05, 3.63) is 50.7 Å². The van der Waals surface area contributed by atoms with Gasteiger partial charge in [0, 0.05) is 17.0 Å². The third kappa shape index (κ3) is 4.85. The molecule has 0 aliphatic heterocycles. The van der Waals surface area contributed by atoms with Crippen LogP contribution in [-0.4, -0.2) is 26.8 Å². The number of fused-ring (bicyclic) bond motifs is 1. The van der Waals surface area contributed by atoms with E-state index in [-0.39, 0.29) is 22.9 Å². The fraction of sp³-hybridized carbons (Fsp3) is 0.400. The van der Waals surface area contributed by atoms with Crippen LogP contribution in [0.3, 0.4) is 0 Å². The van der Waals surface area contributed by atoms with Crippen molar-refractivity contribution in [2.75, 3.05) is 6.54 Å². The second-order valence-electron chi connectivity index (χ2n) is 7.29. The fourth-order valence-corrected chi connectivity index (χ4v) is 5.52. The Morgan fingerprint density at radius 2 is 1.90 bits per heavy atom. The Morgan fingerprint density at radius 1 is 1.17 bits per heavy atom. The van der Waals surface area contributed by atoms with Crippen LogP contribution in [0.2, 0.25) is 0 Å². The third-order valence-electron chi connectivity index (χ3n) is 4.94. The van der Waals surface area contributed by atoms with Crippen LogP contribution in [-0.2, 0) is 22.9 Å². The number of hydrogen-bond acceptors (Lipinski definition) is 5. The van der Waals surface area contributed by atoms with Crippen LogP contribution in [0, 0.1) is 12.8 Å². The Balaban J connectivity index is 1.70. The molecule has 0 bridgehead atoms. The van der Waals surface area contributed by atoms with Gasteiger partial charge in [-0.25, -0.2) is 13.1 Å². The van der Waals surface area contributed by atoms with Gasteiger partial charge in [0.05, 0.1) is 9.77 Å². The van der Waals surface area contributed by atoms with Crippen LogP contribution in [0.1, 0.15) is 56.3 Å². The first-order chi connectivity index (χ1) is 13.7. The van der Waals surface area contributed by atoms with E-state index in [2.05, 4.69) is 22.5 Å². The van der Waals surface area contributed by atoms with Crippen molar-refractivity contribution < 1.29 is 18.0 Å². The van der Waals surface area contributed by atoms with Crippen molar-refractivity contribution in [2.45, 2.75) is 44.9 Å². The van der Waals surface area contributed by atoms with Crippen molar-refractivity contribution in [3.63, 3.8) is 0 Å². The molecule has 2 amide bonds. The minimum atomic E-state index is -3.68. The first kappa shape index (κ1) is 21.5. The standard InChI is InChI=1S/C20H25N3O4S2/c1-4-21-29(26,27)15-7-6-13(3)16(11-15)19(24)22-23-20(25)18-10-14-9-12(2)5-8-17(14)28-18/h6-7,10-12,21H,4-5,8-9H2,1-3H3,(H,22,24)(H,23,25). The Hall–Kier alpha value is -2.23. The summed E-state index contributed by atoms with van der Waals surface area (Å²) in [5, 5.41) is 0. The monoisotopic (exact) mass is 435 g/mol. The van der Waals surface area contributed by atoms with Gasteiger partial charge in [0.1, 0.15) is 0 Å². The Bertz CT molecular complexity index is 1040. The number of benzene rings is 1. The first-order valence-electron chi connectivity index (χ1n) is 9.54. The molecule has 9 heteroatoms. The normalized spacial score (nSPS) is 16.2. The molecule has 1 aromatic heterocycles. The zero-order valence-electron chi connectivity index (χ0n) is 16.7. The number of hydrazine groups is 1. The molecule has 7 nitrogen and oxygen atoms in total. The second kappa shape index (κ2) is 8.64. The average Bonchev–Trinajstić information content (AvgIpc) is 3.09. The lowest BCUT2D eigenvalue weighted by molar-refractivity contribution is 0.0848. The summed E-state index contributed by atoms with van der Waals surface area (Å²) < 4.78 is 26.7. The van der Waals surface area contributed by atoms with Gasteiger partial charge in [-0.3, -0.25) is 20.4 Å². The SMILES string of the molecule is CCNS(=O)(=O)c1ccc(C)c(C(=O)NNC(=O)c2cc3c(s2)CCC(C)C3)c1. The highest BCUT2D eigenvalue weighted by Crippen LogP contribution is 2.32. The molecular formula is C20H25N3O4S2. The third-order valence-corrected chi connectivity index (χ3v) is 7.72. The lowest BCUT2D eigenvalue weighted by Gasteiger charge is -2.16. The number of carbonyl (C=O) groups excluding carboxylic acids is 2. The van der Waals surface area contributed by atoms with Crippen LogP contribution in [0.25, 0.3) is 0 Å². The summed E-state index contributed by atoms with van der Waals surface area (Å²) >= 11 is 1.46. The smallest absolute Gasteiger partial charge is 0.267 e. The maximum absolute atomic E-state index is 12.5. The highest BCUT2D eigenvalue weighted by molar-refractivity contribution is 7.89. The number of hydrogen-bond donors (Lipinski definition) is 3. The molecule has 1 unspecified atom stereocenters. The predicted octanol–water partition coefficient (Wildman–Crippen LogP) is 2.55. The summed E-state index contributed by atoms with van der Waals surface area (Å²) in [6.07, 6.45) is 3.07. The molecule has 1 aromatic carbocycles. The van der Waals surface area contributed by atoms with Gasteiger partial charge in [0.2, 0.25) is 10.0 Å². The van der Waals surface area contributed by atoms with E-state index in [0.717, 1.165) is 19.3 Å². The molecule has 156 valence electrons. The van der Waals surface area contributed by atoms with E-state index in [4.69, 9.17) is 0 Å². The molecule has 1 atom stereocenters. The van der Waals surface area contributed by atoms with E-state index in [1.54, 1.807) is 19.9 Å². The predicted molar refractivity (Wildman–Crippen MR) is 112 cm³/mol. The van der Waals surface area contributed by atoms with Gasteiger partial charge in [0.15, 0.2) is 0 Å². The summed E-state index contributed by atoms with van der Waals surface area (Å²) in [5.74, 6) is -0.333. The quantitative estimate of drug-likeness (QED) is 0.628. The van der Waals surface area contributed by atoms with Gasteiger partial charge in [-0.05, 0) is 61.4 Å². The molecule has 29 heavy (non-hydrogen) atoms. The minimum Gasteiger partial charge on any atom is -0.267 e. The molecule has 1 heterocycles. The van der Waals surface area contributed by atoms with E-state index in [9.17, 15) is 18.0 Å². The number of carbonyl (C=O) groups is 2. The van der Waals surface area contributed by atoms with Crippen LogP contribution >= 0.6 is 11.3 Å². The van der Waals surface area contributed by atoms with Gasteiger partial charge in [-0.15, -0.1) is 11.3 Å². The van der Waals surface area contributed by atoms with E-state index >= 15 is 0 Å². The fourth-order valence-electron chi connectivity index (χ4n) is 3.35. The van der Waals surface area contributed by atoms with Crippen molar-refractivity contribution in [1.29, 1.82) is 0 Å². The lowest BCUT2D eigenvalue weighted by atomic mass is 9.90. The molecule has 1 aliphatic rings. The Kier molecular flexibility index (Phi) is 6.40. The zero-order valence-corrected chi connectivity index (χ0v) is 18.3. The van der Waals surface area contributed by atoms with Crippen molar-refractivity contribution in [2.24, 2.45) is 5.92 Å². The average molecular weight is 436 g/mol. The van der Waals surface area contributed by atoms with Crippen LogP contribution in [0.15, 0.2) is 29.2 Å². The van der Waals surface area contributed by atoms with Gasteiger partial charge in [-0.2, -0.15) is 0 Å². The van der Waals surface area contributed by atoms with E-state index in [0.29, 0.717) is 16.4 Å². The summed E-state index contributed by atoms with van der Waals surface area (Å²) in [4.78, 5) is 26.8. The van der Waals surface area contributed by atoms with Crippen molar-refractivity contribution in [1.82, 2.24) is 15.6 Å². The summed E-state index contributed by atoms with van der Waals surface area (Å²) in [6.45, 7) is 5.83. The summed E-state index contributed by atoms with van der Waals surface area (Å²) in [6, 6.07) is 6.21. The maximum atomic E-state index is 12.5. The summed E-state index contributed by atoms with van der Waals surface area (Å²) in [7, 11) is -3.68. The molecule has 2 aromatic rings. The second-order valence-corrected chi connectivity index (χ2v) is 10.2. The Morgan fingerprint density at radius 3 is 2.62 bits per heavy atom. The number of nitrogens with one attached hydrogen (secondary N) is 3. The number of rotatable bonds is 5. The van der Waals surface area contributed by atoms with Gasteiger partial charge < -0.3 is 0 Å². The van der Waals surface area contributed by atoms with Gasteiger partial charge in [0.25, 0.3) is 11.8 Å². The highest BCUT2D eigenvalue weighted by Gasteiger charge is 2.22. The molecule has 1 aliphatic carbocycles. The van der Waals surface area contributed by atoms with Crippen LogP contribution < -0.4 is 15.6 Å². The molecule has 0 radical (unpaired) electrons. The van der Waals surface area contributed by atoms with Gasteiger partial charge >= 0.3 is 0 Å². The zero-order chi connectivity index (χ0) is 21.2. The van der Waals surface area contributed by atoms with Gasteiger partial charge in [-0.1, -0.05) is 19.9 Å². The molecule has 0 saturated carbocycles. The van der Waals surface area contributed by atoms with Crippen molar-refractivity contribution >= 4 is 33.2 Å². The molecule has 0 fully saturated rings. The summed E-state index contributed by atoms with van der Waals surface area (Å²) in [5.41, 5.74) is 6.82. The number of thiophene rings is 1. The van der Waals surface area contributed by atoms with Crippen LogP contribution in [0.4, 0.5) is 0 Å². The van der Waals surface area contributed by atoms with E-state index < -0.39 is 15.9 Å². The minimum absolute atomic E-state index is 0.00137. The molecule has 3 N–H and O–H groups in total. The van der Waals surface area contributed by atoms with E-state index in [1.807, 2.05) is 6.07 Å². The Labute approximate surface area is 174 Å². The number of sulfonamides is 1. The van der Waals surface area contributed by atoms with Crippen LogP contribution in [0.5, 0.6) is 0 Å². The lowest BCUT2D eigenvalue weighted by Crippen LogP contribution is -2.41. The van der Waals surface area contributed by atoms with E-state index in [1.165, 1.54) is 33.9 Å². The first-order valence-corrected chi connectivity index (χ1v) is 11.8. The molecule has 3 rings (SSSR count). The van der Waals surface area contributed by atoms with Crippen molar-refractivity contribution in [3.8, 4) is 0 Å². The number of aryl methyl sites for hydroxylation is 2.